The Morgan fingerprint density at radius 2 is 2.15 bits per heavy atom. The minimum Gasteiger partial charge on any atom is -0.370 e. The second kappa shape index (κ2) is 7.42. The van der Waals surface area contributed by atoms with Gasteiger partial charge in [-0.3, -0.25) is 9.59 Å². The molecule has 0 radical (unpaired) electrons. The Bertz CT molecular complexity index is 1020. The van der Waals surface area contributed by atoms with Gasteiger partial charge >= 0.3 is 0 Å². The number of thiazole rings is 1. The Labute approximate surface area is 159 Å². The zero-order chi connectivity index (χ0) is 18.8. The van der Waals surface area contributed by atoms with E-state index in [0.717, 1.165) is 10.6 Å². The molecular formula is C19H18N4O3S. The Balaban J connectivity index is 1.54. The molecule has 138 valence electrons. The van der Waals surface area contributed by atoms with E-state index in [0.29, 0.717) is 31.2 Å². The number of aromatic nitrogens is 3. The van der Waals surface area contributed by atoms with Crippen molar-refractivity contribution >= 4 is 17.2 Å². The Kier molecular flexibility index (Phi) is 4.83. The van der Waals surface area contributed by atoms with Gasteiger partial charge in [-0.05, 0) is 12.5 Å². The molecule has 2 aromatic heterocycles. The maximum absolute atomic E-state index is 12.8. The lowest BCUT2D eigenvalue weighted by atomic mass is 10.1. The number of rotatable bonds is 3. The van der Waals surface area contributed by atoms with E-state index in [1.54, 1.807) is 4.90 Å². The summed E-state index contributed by atoms with van der Waals surface area (Å²) in [4.78, 5) is 38.1. The zero-order valence-electron chi connectivity index (χ0n) is 14.7. The first-order valence-corrected chi connectivity index (χ1v) is 9.47. The Morgan fingerprint density at radius 1 is 1.33 bits per heavy atom. The van der Waals surface area contributed by atoms with E-state index in [1.165, 1.54) is 17.5 Å². The van der Waals surface area contributed by atoms with E-state index in [1.807, 2.05) is 42.6 Å². The summed E-state index contributed by atoms with van der Waals surface area (Å²) in [5.74, 6) is 0.0269. The molecule has 1 fully saturated rings. The second-order valence-electron chi connectivity index (χ2n) is 6.25. The molecule has 1 aliphatic heterocycles. The molecule has 3 aromatic rings. The van der Waals surface area contributed by atoms with E-state index in [-0.39, 0.29) is 17.6 Å². The Hall–Kier alpha value is -2.84. The van der Waals surface area contributed by atoms with E-state index >= 15 is 0 Å². The smallest absolute Gasteiger partial charge is 0.264 e. The van der Waals surface area contributed by atoms with Crippen LogP contribution in [-0.2, 0) is 4.74 Å². The summed E-state index contributed by atoms with van der Waals surface area (Å²) in [7, 11) is 0. The van der Waals surface area contributed by atoms with Gasteiger partial charge in [-0.1, -0.05) is 30.3 Å². The van der Waals surface area contributed by atoms with Gasteiger partial charge in [0.2, 0.25) is 0 Å². The van der Waals surface area contributed by atoms with Gasteiger partial charge in [0.1, 0.15) is 17.4 Å². The summed E-state index contributed by atoms with van der Waals surface area (Å²) in [5, 5.41) is 2.70. The number of carbonyl (C=O) groups excluding carboxylic acids is 1. The van der Waals surface area contributed by atoms with Crippen LogP contribution in [0.4, 0.5) is 0 Å². The lowest BCUT2D eigenvalue weighted by molar-refractivity contribution is -0.0229. The SMILES string of the molecule is Cc1nc(-c2ncc(C(=O)N3CCO[C@H](c4ccccc4)C3)c(=O)[nH]2)cs1. The molecule has 27 heavy (non-hydrogen) atoms. The van der Waals surface area contributed by atoms with Crippen LogP contribution < -0.4 is 5.56 Å². The number of morpholine rings is 1. The standard InChI is InChI=1S/C19H18N4O3S/c1-12-21-15(11-27-12)17-20-9-14(18(24)22-17)19(25)23-7-8-26-16(10-23)13-5-3-2-4-6-13/h2-6,9,11,16H,7-8,10H2,1H3,(H,20,22,24)/t16-/m0/s1. The number of H-pyrrole nitrogens is 1. The van der Waals surface area contributed by atoms with Crippen molar-refractivity contribution in [1.82, 2.24) is 19.9 Å². The van der Waals surface area contributed by atoms with Crippen LogP contribution in [0.1, 0.15) is 27.0 Å². The highest BCUT2D eigenvalue weighted by Gasteiger charge is 2.27. The predicted octanol–water partition coefficient (Wildman–Crippen LogP) is 2.42. The summed E-state index contributed by atoms with van der Waals surface area (Å²) in [6.45, 7) is 3.14. The number of aromatic amines is 1. The van der Waals surface area contributed by atoms with E-state index < -0.39 is 5.56 Å². The van der Waals surface area contributed by atoms with E-state index in [2.05, 4.69) is 15.0 Å². The number of nitrogens with zero attached hydrogens (tertiary/aromatic N) is 3. The first-order valence-electron chi connectivity index (χ1n) is 8.59. The van der Waals surface area contributed by atoms with Crippen LogP contribution in [0.25, 0.3) is 11.5 Å². The molecule has 0 bridgehead atoms. The maximum atomic E-state index is 12.8. The molecule has 3 heterocycles. The number of nitrogens with one attached hydrogen (secondary N) is 1. The number of aryl methyl sites for hydroxylation is 1. The molecule has 0 aliphatic carbocycles. The van der Waals surface area contributed by atoms with Gasteiger partial charge in [0.25, 0.3) is 11.5 Å². The minimum absolute atomic E-state index is 0.0272. The lowest BCUT2D eigenvalue weighted by Crippen LogP contribution is -2.44. The highest BCUT2D eigenvalue weighted by atomic mass is 32.1. The van der Waals surface area contributed by atoms with Crippen LogP contribution >= 0.6 is 11.3 Å². The lowest BCUT2D eigenvalue weighted by Gasteiger charge is -2.33. The number of amides is 1. The Morgan fingerprint density at radius 3 is 2.85 bits per heavy atom. The van der Waals surface area contributed by atoms with Crippen molar-refractivity contribution in [3.05, 3.63) is 68.4 Å². The third-order valence-electron chi connectivity index (χ3n) is 4.42. The fourth-order valence-corrected chi connectivity index (χ4v) is 3.62. The quantitative estimate of drug-likeness (QED) is 0.752. The molecule has 1 saturated heterocycles. The molecule has 1 aromatic carbocycles. The van der Waals surface area contributed by atoms with Gasteiger partial charge in [0.15, 0.2) is 5.82 Å². The number of hydrogen-bond acceptors (Lipinski definition) is 6. The first-order chi connectivity index (χ1) is 13.1. The predicted molar refractivity (Wildman–Crippen MR) is 102 cm³/mol. The molecule has 0 saturated carbocycles. The molecule has 7 nitrogen and oxygen atoms in total. The molecule has 1 amide bonds. The van der Waals surface area contributed by atoms with Crippen molar-refractivity contribution in [1.29, 1.82) is 0 Å². The van der Waals surface area contributed by atoms with Crippen LogP contribution in [0, 0.1) is 6.92 Å². The fourth-order valence-electron chi connectivity index (χ4n) is 3.02. The maximum Gasteiger partial charge on any atom is 0.264 e. The third-order valence-corrected chi connectivity index (χ3v) is 5.19. The van der Waals surface area contributed by atoms with Crippen LogP contribution in [0.5, 0.6) is 0 Å². The molecule has 1 atom stereocenters. The highest BCUT2D eigenvalue weighted by molar-refractivity contribution is 7.09. The monoisotopic (exact) mass is 382 g/mol. The number of ether oxygens (including phenoxy) is 1. The van der Waals surface area contributed by atoms with Crippen LogP contribution in [0.2, 0.25) is 0 Å². The molecule has 1 N–H and O–H groups in total. The van der Waals surface area contributed by atoms with Gasteiger partial charge in [-0.15, -0.1) is 11.3 Å². The second-order valence-corrected chi connectivity index (χ2v) is 7.31. The van der Waals surface area contributed by atoms with Crippen LogP contribution in [0.3, 0.4) is 0 Å². The molecule has 0 spiro atoms. The summed E-state index contributed by atoms with van der Waals surface area (Å²) in [6, 6.07) is 9.75. The van der Waals surface area contributed by atoms with E-state index in [4.69, 9.17) is 4.74 Å². The van der Waals surface area contributed by atoms with Crippen LogP contribution in [-0.4, -0.2) is 45.5 Å². The summed E-state index contributed by atoms with van der Waals surface area (Å²) >= 11 is 1.47. The number of hydrogen-bond donors (Lipinski definition) is 1. The summed E-state index contributed by atoms with van der Waals surface area (Å²) < 4.78 is 5.79. The fraction of sp³-hybridized carbons (Fsp3) is 0.263. The summed E-state index contributed by atoms with van der Waals surface area (Å²) in [5.41, 5.74) is 1.18. The van der Waals surface area contributed by atoms with Crippen molar-refractivity contribution in [3.63, 3.8) is 0 Å². The van der Waals surface area contributed by atoms with Crippen molar-refractivity contribution in [2.75, 3.05) is 19.7 Å². The average molecular weight is 382 g/mol. The minimum atomic E-state index is -0.460. The third kappa shape index (κ3) is 3.67. The molecule has 4 rings (SSSR count). The number of carbonyl (C=O) groups is 1. The molecular weight excluding hydrogens is 364 g/mol. The largest absolute Gasteiger partial charge is 0.370 e. The molecule has 0 unspecified atom stereocenters. The van der Waals surface area contributed by atoms with Crippen molar-refractivity contribution < 1.29 is 9.53 Å². The molecule has 8 heteroatoms. The van der Waals surface area contributed by atoms with Gasteiger partial charge in [-0.25, -0.2) is 9.97 Å². The van der Waals surface area contributed by atoms with Crippen LogP contribution in [0.15, 0.2) is 46.7 Å². The zero-order valence-corrected chi connectivity index (χ0v) is 15.5. The van der Waals surface area contributed by atoms with E-state index in [9.17, 15) is 9.59 Å². The summed E-state index contributed by atoms with van der Waals surface area (Å²) in [6.07, 6.45) is 1.13. The average Bonchev–Trinajstić information content (AvgIpc) is 3.14. The highest BCUT2D eigenvalue weighted by Crippen LogP contribution is 2.23. The van der Waals surface area contributed by atoms with Crippen molar-refractivity contribution in [2.24, 2.45) is 0 Å². The first kappa shape index (κ1) is 17.6. The topological polar surface area (TPSA) is 88.2 Å². The molecule has 1 aliphatic rings. The van der Waals surface area contributed by atoms with Crippen molar-refractivity contribution in [2.45, 2.75) is 13.0 Å². The van der Waals surface area contributed by atoms with Gasteiger partial charge < -0.3 is 14.6 Å². The van der Waals surface area contributed by atoms with Crippen molar-refractivity contribution in [3.8, 4) is 11.5 Å². The van der Waals surface area contributed by atoms with Gasteiger partial charge in [0, 0.05) is 18.1 Å². The van der Waals surface area contributed by atoms with Gasteiger partial charge in [-0.2, -0.15) is 0 Å². The normalized spacial score (nSPS) is 17.1. The number of benzene rings is 1. The van der Waals surface area contributed by atoms with Gasteiger partial charge in [0.05, 0.1) is 18.2 Å².